The predicted octanol–water partition coefficient (Wildman–Crippen LogP) is 4.03. The molecule has 4 heteroatoms. The van der Waals surface area contributed by atoms with Crippen LogP contribution in [-0.2, 0) is 6.42 Å². The average molecular weight is 320 g/mol. The second-order valence-electron chi connectivity index (χ2n) is 5.11. The number of rotatable bonds is 7. The van der Waals surface area contributed by atoms with Gasteiger partial charge in [0.2, 0.25) is 0 Å². The van der Waals surface area contributed by atoms with E-state index < -0.39 is 0 Å². The van der Waals surface area contributed by atoms with Gasteiger partial charge in [-0.15, -0.1) is 0 Å². The predicted molar refractivity (Wildman–Crippen MR) is 91.1 cm³/mol. The standard InChI is InChI=1S/C18H22ClNO2/c1-3-22-17-9-4-13(11-18(17)21-2)10-15(12-20)14-5-7-16(19)8-6-14/h4-9,11,15H,3,10,12,20H2,1-2H3. The lowest BCUT2D eigenvalue weighted by Gasteiger charge is -2.17. The normalized spacial score (nSPS) is 12.0. The Bertz CT molecular complexity index is 599. The van der Waals surface area contributed by atoms with Crippen molar-refractivity contribution >= 4 is 11.6 Å². The molecule has 2 aromatic rings. The van der Waals surface area contributed by atoms with Crippen LogP contribution in [-0.4, -0.2) is 20.3 Å². The van der Waals surface area contributed by atoms with Gasteiger partial charge in [-0.05, 0) is 55.3 Å². The number of benzene rings is 2. The summed E-state index contributed by atoms with van der Waals surface area (Å²) in [6, 6.07) is 13.9. The zero-order valence-electron chi connectivity index (χ0n) is 13.0. The Morgan fingerprint density at radius 2 is 1.82 bits per heavy atom. The topological polar surface area (TPSA) is 44.5 Å². The first-order valence-electron chi connectivity index (χ1n) is 7.43. The smallest absolute Gasteiger partial charge is 0.161 e. The number of methoxy groups -OCH3 is 1. The molecule has 118 valence electrons. The molecule has 0 aliphatic carbocycles. The second-order valence-corrected chi connectivity index (χ2v) is 5.54. The third-order valence-corrected chi connectivity index (χ3v) is 3.89. The van der Waals surface area contributed by atoms with Crippen LogP contribution >= 0.6 is 11.6 Å². The van der Waals surface area contributed by atoms with Crippen molar-refractivity contribution in [3.63, 3.8) is 0 Å². The number of halogens is 1. The molecule has 0 saturated carbocycles. The Morgan fingerprint density at radius 3 is 2.41 bits per heavy atom. The molecule has 1 atom stereocenters. The number of ether oxygens (including phenoxy) is 2. The fraction of sp³-hybridized carbons (Fsp3) is 0.333. The minimum Gasteiger partial charge on any atom is -0.493 e. The van der Waals surface area contributed by atoms with E-state index in [0.717, 1.165) is 22.9 Å². The summed E-state index contributed by atoms with van der Waals surface area (Å²) in [4.78, 5) is 0. The van der Waals surface area contributed by atoms with Crippen LogP contribution in [0.5, 0.6) is 11.5 Å². The van der Waals surface area contributed by atoms with Crippen molar-refractivity contribution in [3.05, 3.63) is 58.6 Å². The highest BCUT2D eigenvalue weighted by atomic mass is 35.5. The molecule has 1 unspecified atom stereocenters. The molecular weight excluding hydrogens is 298 g/mol. The summed E-state index contributed by atoms with van der Waals surface area (Å²) in [6.07, 6.45) is 0.848. The highest BCUT2D eigenvalue weighted by Gasteiger charge is 2.13. The van der Waals surface area contributed by atoms with E-state index in [9.17, 15) is 0 Å². The van der Waals surface area contributed by atoms with Gasteiger partial charge in [0, 0.05) is 10.9 Å². The average Bonchev–Trinajstić information content (AvgIpc) is 2.55. The van der Waals surface area contributed by atoms with E-state index in [4.69, 9.17) is 26.8 Å². The molecule has 2 rings (SSSR count). The molecule has 0 aromatic heterocycles. The monoisotopic (exact) mass is 319 g/mol. The summed E-state index contributed by atoms with van der Waals surface area (Å²) >= 11 is 5.94. The van der Waals surface area contributed by atoms with Crippen LogP contribution in [0.3, 0.4) is 0 Å². The minimum atomic E-state index is 0.250. The summed E-state index contributed by atoms with van der Waals surface area (Å²) in [6.45, 7) is 3.15. The van der Waals surface area contributed by atoms with Gasteiger partial charge in [0.15, 0.2) is 11.5 Å². The molecule has 22 heavy (non-hydrogen) atoms. The maximum absolute atomic E-state index is 5.95. The molecule has 0 aliphatic heterocycles. The Morgan fingerprint density at radius 1 is 1.09 bits per heavy atom. The summed E-state index contributed by atoms with van der Waals surface area (Å²) in [7, 11) is 1.65. The lowest BCUT2D eigenvalue weighted by molar-refractivity contribution is 0.310. The van der Waals surface area contributed by atoms with Gasteiger partial charge < -0.3 is 15.2 Å². The van der Waals surface area contributed by atoms with Crippen LogP contribution < -0.4 is 15.2 Å². The van der Waals surface area contributed by atoms with Crippen LogP contribution in [0, 0.1) is 0 Å². The quantitative estimate of drug-likeness (QED) is 0.838. The van der Waals surface area contributed by atoms with Crippen LogP contribution in [0.4, 0.5) is 0 Å². The van der Waals surface area contributed by atoms with Gasteiger partial charge in [-0.25, -0.2) is 0 Å². The SMILES string of the molecule is CCOc1ccc(CC(CN)c2ccc(Cl)cc2)cc1OC. The van der Waals surface area contributed by atoms with Crippen molar-refractivity contribution in [2.45, 2.75) is 19.3 Å². The summed E-state index contributed by atoms with van der Waals surface area (Å²) < 4.78 is 10.9. The van der Waals surface area contributed by atoms with Gasteiger partial charge in [0.05, 0.1) is 13.7 Å². The Labute approximate surface area is 137 Å². The molecule has 0 saturated heterocycles. The zero-order chi connectivity index (χ0) is 15.9. The van der Waals surface area contributed by atoms with E-state index in [-0.39, 0.29) is 5.92 Å². The molecule has 0 fully saturated rings. The first kappa shape index (κ1) is 16.7. The van der Waals surface area contributed by atoms with Crippen LogP contribution in [0.25, 0.3) is 0 Å². The van der Waals surface area contributed by atoms with E-state index in [1.807, 2.05) is 43.3 Å². The van der Waals surface area contributed by atoms with Crippen molar-refractivity contribution < 1.29 is 9.47 Å². The van der Waals surface area contributed by atoms with Crippen molar-refractivity contribution in [2.24, 2.45) is 5.73 Å². The Hall–Kier alpha value is -1.71. The molecule has 3 nitrogen and oxygen atoms in total. The van der Waals surface area contributed by atoms with Crippen LogP contribution in [0.1, 0.15) is 24.0 Å². The number of hydrogen-bond donors (Lipinski definition) is 1. The Balaban J connectivity index is 2.18. The lowest BCUT2D eigenvalue weighted by Crippen LogP contribution is -2.15. The number of nitrogens with two attached hydrogens (primary N) is 1. The van der Waals surface area contributed by atoms with Gasteiger partial charge in [0.1, 0.15) is 0 Å². The van der Waals surface area contributed by atoms with Gasteiger partial charge in [0.25, 0.3) is 0 Å². The van der Waals surface area contributed by atoms with Crippen molar-refractivity contribution in [2.75, 3.05) is 20.3 Å². The highest BCUT2D eigenvalue weighted by Crippen LogP contribution is 2.30. The van der Waals surface area contributed by atoms with Crippen LogP contribution in [0.2, 0.25) is 5.02 Å². The maximum Gasteiger partial charge on any atom is 0.161 e. The lowest BCUT2D eigenvalue weighted by atomic mass is 9.92. The molecule has 0 spiro atoms. The third-order valence-electron chi connectivity index (χ3n) is 3.64. The maximum atomic E-state index is 5.95. The minimum absolute atomic E-state index is 0.250. The zero-order valence-corrected chi connectivity index (χ0v) is 13.8. The summed E-state index contributed by atoms with van der Waals surface area (Å²) in [5.74, 6) is 1.77. The molecule has 0 amide bonds. The fourth-order valence-corrected chi connectivity index (χ4v) is 2.60. The second kappa shape index (κ2) is 8.06. The first-order valence-corrected chi connectivity index (χ1v) is 7.81. The largest absolute Gasteiger partial charge is 0.493 e. The molecule has 2 N–H and O–H groups in total. The molecular formula is C18H22ClNO2. The molecule has 0 bridgehead atoms. The van der Waals surface area contributed by atoms with Crippen LogP contribution in [0.15, 0.2) is 42.5 Å². The number of hydrogen-bond acceptors (Lipinski definition) is 3. The molecule has 0 radical (unpaired) electrons. The van der Waals surface area contributed by atoms with Gasteiger partial charge >= 0.3 is 0 Å². The molecule has 2 aromatic carbocycles. The first-order chi connectivity index (χ1) is 10.7. The van der Waals surface area contributed by atoms with Gasteiger partial charge in [-0.3, -0.25) is 0 Å². The highest BCUT2D eigenvalue weighted by molar-refractivity contribution is 6.30. The Kier molecular flexibility index (Phi) is 6.10. The fourth-order valence-electron chi connectivity index (χ4n) is 2.47. The van der Waals surface area contributed by atoms with E-state index in [0.29, 0.717) is 13.2 Å². The molecule has 0 aliphatic rings. The van der Waals surface area contributed by atoms with Crippen molar-refractivity contribution in [3.8, 4) is 11.5 Å². The molecule has 0 heterocycles. The van der Waals surface area contributed by atoms with E-state index in [1.54, 1.807) is 7.11 Å². The van der Waals surface area contributed by atoms with E-state index in [2.05, 4.69) is 6.07 Å². The van der Waals surface area contributed by atoms with Gasteiger partial charge in [-0.2, -0.15) is 0 Å². The van der Waals surface area contributed by atoms with E-state index >= 15 is 0 Å². The van der Waals surface area contributed by atoms with E-state index in [1.165, 1.54) is 11.1 Å². The van der Waals surface area contributed by atoms with Crippen molar-refractivity contribution in [1.82, 2.24) is 0 Å². The van der Waals surface area contributed by atoms with Crippen molar-refractivity contribution in [1.29, 1.82) is 0 Å². The third kappa shape index (κ3) is 4.15. The summed E-state index contributed by atoms with van der Waals surface area (Å²) in [5, 5.41) is 0.738. The van der Waals surface area contributed by atoms with Gasteiger partial charge in [-0.1, -0.05) is 29.8 Å². The summed E-state index contributed by atoms with van der Waals surface area (Å²) in [5.41, 5.74) is 8.32.